The van der Waals surface area contributed by atoms with Gasteiger partial charge in [0.25, 0.3) is 0 Å². The van der Waals surface area contributed by atoms with Crippen LogP contribution in [-0.2, 0) is 14.8 Å². The molecule has 0 aromatic heterocycles. The number of piperazine rings is 1. The summed E-state index contributed by atoms with van der Waals surface area (Å²) < 4.78 is 28.3. The smallest absolute Gasteiger partial charge is 0.241 e. The summed E-state index contributed by atoms with van der Waals surface area (Å²) in [5, 5.41) is 0. The fourth-order valence-electron chi connectivity index (χ4n) is 4.24. The first kappa shape index (κ1) is 22.6. The zero-order chi connectivity index (χ0) is 20.9. The van der Waals surface area contributed by atoms with Gasteiger partial charge in [-0.2, -0.15) is 16.5 Å². The lowest BCUT2D eigenvalue weighted by Crippen LogP contribution is -2.56. The molecule has 8 heteroatoms. The Labute approximate surface area is 179 Å². The van der Waals surface area contributed by atoms with E-state index in [1.807, 2.05) is 18.1 Å². The Kier molecular flexibility index (Phi) is 8.01. The van der Waals surface area contributed by atoms with Crippen LogP contribution >= 0.6 is 11.8 Å². The van der Waals surface area contributed by atoms with Gasteiger partial charge in [-0.25, -0.2) is 8.42 Å². The minimum absolute atomic E-state index is 0.0965. The number of thioether (sulfide) groups is 1. The molecule has 3 rings (SSSR count). The zero-order valence-electron chi connectivity index (χ0n) is 17.5. The minimum Gasteiger partial charge on any atom is -0.339 e. The molecule has 1 heterocycles. The van der Waals surface area contributed by atoms with Crippen molar-refractivity contribution in [3.8, 4) is 0 Å². The number of aryl methyl sites for hydroxylation is 1. The van der Waals surface area contributed by atoms with Gasteiger partial charge in [0, 0.05) is 32.2 Å². The number of nitrogens with one attached hydrogen (secondary N) is 1. The second kappa shape index (κ2) is 10.3. The Balaban J connectivity index is 1.64. The Morgan fingerprint density at radius 1 is 1.14 bits per heavy atom. The van der Waals surface area contributed by atoms with Crippen LogP contribution in [0.3, 0.4) is 0 Å². The summed E-state index contributed by atoms with van der Waals surface area (Å²) in [7, 11) is -3.73. The highest BCUT2D eigenvalue weighted by Crippen LogP contribution is 2.24. The quantitative estimate of drug-likeness (QED) is 0.674. The Morgan fingerprint density at radius 3 is 2.34 bits per heavy atom. The topological polar surface area (TPSA) is 69.7 Å². The van der Waals surface area contributed by atoms with Gasteiger partial charge in [-0.15, -0.1) is 0 Å². The first-order valence-electron chi connectivity index (χ1n) is 10.5. The summed E-state index contributed by atoms with van der Waals surface area (Å²) in [6.45, 7) is 5.04. The maximum Gasteiger partial charge on any atom is 0.241 e. The van der Waals surface area contributed by atoms with Gasteiger partial charge in [-0.3, -0.25) is 9.69 Å². The van der Waals surface area contributed by atoms with Crippen molar-refractivity contribution in [3.63, 3.8) is 0 Å². The van der Waals surface area contributed by atoms with Crippen molar-refractivity contribution in [2.45, 2.75) is 56.0 Å². The highest BCUT2D eigenvalue weighted by atomic mass is 32.2. The summed E-state index contributed by atoms with van der Waals surface area (Å²) in [4.78, 5) is 17.7. The van der Waals surface area contributed by atoms with E-state index in [9.17, 15) is 13.2 Å². The molecule has 1 saturated heterocycles. The van der Waals surface area contributed by atoms with Crippen LogP contribution in [0.2, 0.25) is 0 Å². The second-order valence-corrected chi connectivity index (χ2v) is 10.8. The summed E-state index contributed by atoms with van der Waals surface area (Å²) in [5.74, 6) is 0.635. The Hall–Kier alpha value is -1.09. The van der Waals surface area contributed by atoms with Crippen LogP contribution in [0, 0.1) is 6.92 Å². The fourth-order valence-corrected chi connectivity index (χ4v) is 5.93. The van der Waals surface area contributed by atoms with E-state index in [1.54, 1.807) is 36.0 Å². The van der Waals surface area contributed by atoms with E-state index in [-0.39, 0.29) is 10.8 Å². The summed E-state index contributed by atoms with van der Waals surface area (Å²) in [6.07, 6.45) is 7.61. The highest BCUT2D eigenvalue weighted by Gasteiger charge is 2.32. The van der Waals surface area contributed by atoms with Crippen LogP contribution in [0.5, 0.6) is 0 Å². The number of hydrogen-bond acceptors (Lipinski definition) is 5. The lowest BCUT2D eigenvalue weighted by molar-refractivity contribution is -0.135. The van der Waals surface area contributed by atoms with E-state index in [1.165, 1.54) is 25.7 Å². The summed E-state index contributed by atoms with van der Waals surface area (Å²) >= 11 is 1.62. The van der Waals surface area contributed by atoms with Crippen LogP contribution in [-0.4, -0.2) is 74.4 Å². The third-order valence-electron chi connectivity index (χ3n) is 6.00. The lowest BCUT2D eigenvalue weighted by atomic mass is 10.1. The second-order valence-electron chi connectivity index (χ2n) is 8.07. The first-order chi connectivity index (χ1) is 13.9. The molecule has 1 saturated carbocycles. The van der Waals surface area contributed by atoms with Gasteiger partial charge >= 0.3 is 0 Å². The molecule has 1 N–H and O–H groups in total. The van der Waals surface area contributed by atoms with Crippen molar-refractivity contribution in [1.82, 2.24) is 14.5 Å². The number of benzene rings is 1. The molecule has 1 aliphatic carbocycles. The van der Waals surface area contributed by atoms with Gasteiger partial charge in [0.2, 0.25) is 15.9 Å². The molecule has 0 bridgehead atoms. The number of rotatable bonds is 8. The molecule has 2 aliphatic rings. The van der Waals surface area contributed by atoms with Gasteiger partial charge in [0.1, 0.15) is 6.04 Å². The molecule has 0 radical (unpaired) electrons. The molecule has 1 atom stereocenters. The maximum absolute atomic E-state index is 13.2. The van der Waals surface area contributed by atoms with E-state index in [0.717, 1.165) is 24.4 Å². The predicted molar refractivity (Wildman–Crippen MR) is 119 cm³/mol. The van der Waals surface area contributed by atoms with Gasteiger partial charge in [0.15, 0.2) is 0 Å². The lowest BCUT2D eigenvalue weighted by Gasteiger charge is -2.39. The highest BCUT2D eigenvalue weighted by molar-refractivity contribution is 7.98. The van der Waals surface area contributed by atoms with Crippen LogP contribution < -0.4 is 4.72 Å². The largest absolute Gasteiger partial charge is 0.339 e. The molecule has 29 heavy (non-hydrogen) atoms. The van der Waals surface area contributed by atoms with Crippen molar-refractivity contribution < 1.29 is 13.2 Å². The zero-order valence-corrected chi connectivity index (χ0v) is 19.1. The number of carbonyl (C=O) groups excluding carboxylic acids is 1. The molecule has 1 aromatic rings. The predicted octanol–water partition coefficient (Wildman–Crippen LogP) is 2.48. The standard InChI is InChI=1S/C21H33N3O3S2/c1-17-7-9-19(10-8-17)29(26,27)22-20(11-16-28-2)21(25)24-14-12-23(13-15-24)18-5-3-4-6-18/h7-10,18,20,22H,3-6,11-16H2,1-2H3. The van der Waals surface area contributed by atoms with Crippen LogP contribution in [0.4, 0.5) is 0 Å². The molecular weight excluding hydrogens is 406 g/mol. The van der Waals surface area contributed by atoms with Crippen LogP contribution in [0.15, 0.2) is 29.2 Å². The molecule has 2 fully saturated rings. The van der Waals surface area contributed by atoms with Crippen molar-refractivity contribution in [1.29, 1.82) is 0 Å². The average Bonchev–Trinajstić information content (AvgIpc) is 3.26. The fraction of sp³-hybridized carbons (Fsp3) is 0.667. The number of carbonyl (C=O) groups is 1. The molecule has 6 nitrogen and oxygen atoms in total. The van der Waals surface area contributed by atoms with E-state index >= 15 is 0 Å². The normalized spacial score (nSPS) is 20.1. The third kappa shape index (κ3) is 5.96. The molecule has 1 aliphatic heterocycles. The monoisotopic (exact) mass is 439 g/mol. The molecular formula is C21H33N3O3S2. The van der Waals surface area contributed by atoms with Crippen molar-refractivity contribution >= 4 is 27.7 Å². The van der Waals surface area contributed by atoms with E-state index in [0.29, 0.717) is 25.6 Å². The minimum atomic E-state index is -3.73. The Morgan fingerprint density at radius 2 is 1.76 bits per heavy atom. The number of sulfonamides is 1. The average molecular weight is 440 g/mol. The van der Waals surface area contributed by atoms with E-state index in [2.05, 4.69) is 9.62 Å². The van der Waals surface area contributed by atoms with Crippen molar-refractivity contribution in [2.24, 2.45) is 0 Å². The Bertz CT molecular complexity index is 769. The maximum atomic E-state index is 13.2. The number of hydrogen-bond donors (Lipinski definition) is 1. The van der Waals surface area contributed by atoms with Gasteiger partial charge in [-0.1, -0.05) is 30.5 Å². The summed E-state index contributed by atoms with van der Waals surface area (Å²) in [5.41, 5.74) is 0.999. The van der Waals surface area contributed by atoms with E-state index in [4.69, 9.17) is 0 Å². The van der Waals surface area contributed by atoms with Crippen LogP contribution in [0.1, 0.15) is 37.7 Å². The van der Waals surface area contributed by atoms with Crippen molar-refractivity contribution in [2.75, 3.05) is 38.2 Å². The SMILES string of the molecule is CSCCC(NS(=O)(=O)c1ccc(C)cc1)C(=O)N1CCN(C2CCCC2)CC1. The third-order valence-corrected chi connectivity index (χ3v) is 8.14. The van der Waals surface area contributed by atoms with Crippen LogP contribution in [0.25, 0.3) is 0 Å². The number of amides is 1. The van der Waals surface area contributed by atoms with E-state index < -0.39 is 16.1 Å². The molecule has 1 unspecified atom stereocenters. The molecule has 162 valence electrons. The number of nitrogens with zero attached hydrogens (tertiary/aromatic N) is 2. The molecule has 1 amide bonds. The van der Waals surface area contributed by atoms with Gasteiger partial charge in [-0.05, 0) is 50.3 Å². The summed E-state index contributed by atoms with van der Waals surface area (Å²) in [6, 6.07) is 6.68. The van der Waals surface area contributed by atoms with Gasteiger partial charge in [0.05, 0.1) is 4.90 Å². The van der Waals surface area contributed by atoms with Crippen molar-refractivity contribution in [3.05, 3.63) is 29.8 Å². The molecule has 1 aromatic carbocycles. The molecule has 0 spiro atoms. The van der Waals surface area contributed by atoms with Gasteiger partial charge < -0.3 is 4.90 Å². The first-order valence-corrected chi connectivity index (χ1v) is 13.4.